The number of hydrogen-bond acceptors (Lipinski definition) is 5. The van der Waals surface area contributed by atoms with Crippen molar-refractivity contribution in [2.45, 2.75) is 58.4 Å². The molecule has 176 valence electrons. The Balaban J connectivity index is 2.04. The summed E-state index contributed by atoms with van der Waals surface area (Å²) < 4.78 is 70.6. The van der Waals surface area contributed by atoms with Gasteiger partial charge in [0.05, 0.1) is 6.61 Å². The molecule has 3 rings (SSSR count). The van der Waals surface area contributed by atoms with Crippen LogP contribution in [0.3, 0.4) is 0 Å². The van der Waals surface area contributed by atoms with E-state index >= 15 is 0 Å². The highest BCUT2D eigenvalue weighted by Gasteiger charge is 2.48. The number of anilines is 2. The third-order valence-corrected chi connectivity index (χ3v) is 6.67. The molecule has 9 heteroatoms. The second kappa shape index (κ2) is 8.17. The first-order chi connectivity index (χ1) is 14.7. The summed E-state index contributed by atoms with van der Waals surface area (Å²) in [4.78, 5) is 2.04. The van der Waals surface area contributed by atoms with Crippen molar-refractivity contribution in [3.63, 3.8) is 0 Å². The molecule has 0 saturated heterocycles. The predicted molar refractivity (Wildman–Crippen MR) is 119 cm³/mol. The minimum Gasteiger partial charge on any atom is -0.492 e. The lowest BCUT2D eigenvalue weighted by Crippen LogP contribution is -2.28. The van der Waals surface area contributed by atoms with Crippen LogP contribution in [-0.2, 0) is 15.5 Å². The van der Waals surface area contributed by atoms with Crippen LogP contribution in [0.15, 0.2) is 30.3 Å². The number of nitrogens with zero attached hydrogens (tertiary/aromatic N) is 1. The highest BCUT2D eigenvalue weighted by molar-refractivity contribution is 7.88. The molecule has 2 aromatic carbocycles. The fourth-order valence-corrected chi connectivity index (χ4v) is 4.53. The van der Waals surface area contributed by atoms with E-state index in [2.05, 4.69) is 37.9 Å². The van der Waals surface area contributed by atoms with Crippen LogP contribution in [0.4, 0.5) is 24.5 Å². The second-order valence-electron chi connectivity index (χ2n) is 8.86. The second-order valence-corrected chi connectivity index (χ2v) is 10.4. The van der Waals surface area contributed by atoms with Crippen LogP contribution in [-0.4, -0.2) is 27.1 Å². The predicted octanol–water partition coefficient (Wildman–Crippen LogP) is 6.17. The van der Waals surface area contributed by atoms with E-state index in [0.29, 0.717) is 18.8 Å². The third-order valence-electron chi connectivity index (χ3n) is 5.69. The van der Waals surface area contributed by atoms with Crippen LogP contribution in [0.1, 0.15) is 57.2 Å². The Morgan fingerprint density at radius 1 is 1.19 bits per heavy atom. The lowest BCUT2D eigenvalue weighted by molar-refractivity contribution is -0.0500. The van der Waals surface area contributed by atoms with Gasteiger partial charge in [-0.1, -0.05) is 27.7 Å². The average Bonchev–Trinajstić information content (AvgIpc) is 2.97. The minimum atomic E-state index is -5.71. The van der Waals surface area contributed by atoms with Gasteiger partial charge in [-0.15, -0.1) is 0 Å². The van der Waals surface area contributed by atoms with E-state index in [1.54, 1.807) is 12.1 Å². The molecule has 0 aliphatic carbocycles. The molecule has 0 aromatic heterocycles. The van der Waals surface area contributed by atoms with Crippen LogP contribution in [0.2, 0.25) is 0 Å². The molecule has 0 bridgehead atoms. The molecule has 0 N–H and O–H groups in total. The van der Waals surface area contributed by atoms with Crippen LogP contribution < -0.4 is 13.8 Å². The Kier molecular flexibility index (Phi) is 6.19. The molecule has 1 aliphatic heterocycles. The number of fused-ring (bicyclic) bond motifs is 1. The molecular formula is C23H28F3NO4S. The van der Waals surface area contributed by atoms with Crippen LogP contribution in [0.25, 0.3) is 0 Å². The van der Waals surface area contributed by atoms with Gasteiger partial charge in [0.15, 0.2) is 0 Å². The van der Waals surface area contributed by atoms with Crippen molar-refractivity contribution in [1.29, 1.82) is 0 Å². The van der Waals surface area contributed by atoms with Crippen LogP contribution >= 0.6 is 0 Å². The molecule has 2 aromatic rings. The number of halogens is 3. The summed E-state index contributed by atoms with van der Waals surface area (Å²) in [6, 6.07) is 7.66. The molecule has 0 amide bonds. The monoisotopic (exact) mass is 471 g/mol. The first kappa shape index (κ1) is 24.2. The van der Waals surface area contributed by atoms with E-state index < -0.39 is 21.4 Å². The fraction of sp³-hybridized carbons (Fsp3) is 0.478. The van der Waals surface area contributed by atoms with E-state index in [-0.39, 0.29) is 11.3 Å². The van der Waals surface area contributed by atoms with Crippen molar-refractivity contribution in [2.75, 3.05) is 18.1 Å². The van der Waals surface area contributed by atoms with Gasteiger partial charge < -0.3 is 13.8 Å². The smallest absolute Gasteiger partial charge is 0.492 e. The lowest BCUT2D eigenvalue weighted by atomic mass is 9.82. The number of alkyl halides is 3. The maximum absolute atomic E-state index is 12.6. The highest BCUT2D eigenvalue weighted by Crippen LogP contribution is 2.48. The van der Waals surface area contributed by atoms with Gasteiger partial charge in [-0.3, -0.25) is 0 Å². The van der Waals surface area contributed by atoms with Crippen LogP contribution in [0, 0.1) is 6.92 Å². The summed E-state index contributed by atoms with van der Waals surface area (Å²) in [5.74, 6) is 0.772. The van der Waals surface area contributed by atoms with Gasteiger partial charge in [0.1, 0.15) is 11.5 Å². The van der Waals surface area contributed by atoms with E-state index in [1.807, 2.05) is 18.7 Å². The van der Waals surface area contributed by atoms with Crippen molar-refractivity contribution in [3.05, 3.63) is 47.0 Å². The molecule has 1 aliphatic rings. The maximum atomic E-state index is 12.6. The summed E-state index contributed by atoms with van der Waals surface area (Å²) >= 11 is 0. The van der Waals surface area contributed by atoms with Crippen molar-refractivity contribution in [1.82, 2.24) is 0 Å². The lowest BCUT2D eigenvalue weighted by Gasteiger charge is -2.29. The summed E-state index contributed by atoms with van der Waals surface area (Å²) in [7, 11) is -5.71. The highest BCUT2D eigenvalue weighted by atomic mass is 32.2. The van der Waals surface area contributed by atoms with Gasteiger partial charge in [-0.05, 0) is 55.7 Å². The van der Waals surface area contributed by atoms with E-state index in [0.717, 1.165) is 28.1 Å². The van der Waals surface area contributed by atoms with Crippen molar-refractivity contribution >= 4 is 21.5 Å². The van der Waals surface area contributed by atoms with Gasteiger partial charge in [0, 0.05) is 34.5 Å². The standard InChI is InChI=1S/C23H28F3NO4S/c1-7-27(16-8-10-17(11-9-16)31-32(28,29)23(24,25)26)19-12-18-21(30-13-22(18,5)6)20(14(2)3)15(19)4/h8-12,14H,7,13H2,1-6H3. The van der Waals surface area contributed by atoms with Crippen molar-refractivity contribution in [3.8, 4) is 11.5 Å². The molecule has 32 heavy (non-hydrogen) atoms. The molecule has 0 spiro atoms. The first-order valence-electron chi connectivity index (χ1n) is 10.4. The van der Waals surface area contributed by atoms with Crippen LogP contribution in [0.5, 0.6) is 11.5 Å². The van der Waals surface area contributed by atoms with Gasteiger partial charge >= 0.3 is 15.6 Å². The van der Waals surface area contributed by atoms with E-state index in [9.17, 15) is 21.6 Å². The van der Waals surface area contributed by atoms with Gasteiger partial charge in [0.2, 0.25) is 0 Å². The first-order valence-corrected chi connectivity index (χ1v) is 11.8. The number of rotatable bonds is 6. The molecule has 0 fully saturated rings. The zero-order valence-electron chi connectivity index (χ0n) is 19.0. The number of hydrogen-bond donors (Lipinski definition) is 0. The Labute approximate surface area is 187 Å². The van der Waals surface area contributed by atoms with Gasteiger partial charge in [-0.25, -0.2) is 0 Å². The topological polar surface area (TPSA) is 55.8 Å². The Morgan fingerprint density at radius 2 is 1.78 bits per heavy atom. The molecule has 0 saturated carbocycles. The Morgan fingerprint density at radius 3 is 2.28 bits per heavy atom. The largest absolute Gasteiger partial charge is 0.534 e. The SMILES string of the molecule is CCN(c1ccc(OS(=O)(=O)C(F)(F)F)cc1)c1cc2c(c(C(C)C)c1C)OCC2(C)C. The zero-order valence-corrected chi connectivity index (χ0v) is 19.8. The molecular weight excluding hydrogens is 443 g/mol. The molecule has 0 radical (unpaired) electrons. The molecule has 0 atom stereocenters. The van der Waals surface area contributed by atoms with E-state index in [4.69, 9.17) is 4.74 Å². The number of benzene rings is 2. The third kappa shape index (κ3) is 4.27. The number of ether oxygens (including phenoxy) is 1. The molecule has 1 heterocycles. The van der Waals surface area contributed by atoms with Crippen molar-refractivity contribution in [2.24, 2.45) is 0 Å². The van der Waals surface area contributed by atoms with E-state index in [1.165, 1.54) is 12.1 Å². The summed E-state index contributed by atoms with van der Waals surface area (Å²) in [6.45, 7) is 13.7. The Bertz CT molecular complexity index is 1110. The maximum Gasteiger partial charge on any atom is 0.534 e. The summed E-state index contributed by atoms with van der Waals surface area (Å²) in [5.41, 5.74) is -0.619. The minimum absolute atomic E-state index is 0.148. The Hall–Kier alpha value is -2.42. The normalized spacial score (nSPS) is 15.4. The van der Waals surface area contributed by atoms with Gasteiger partial charge in [0.25, 0.3) is 0 Å². The quantitative estimate of drug-likeness (QED) is 0.372. The molecule has 5 nitrogen and oxygen atoms in total. The fourth-order valence-electron chi connectivity index (χ4n) is 4.08. The average molecular weight is 472 g/mol. The molecule has 0 unspecified atom stereocenters. The van der Waals surface area contributed by atoms with Gasteiger partial charge in [-0.2, -0.15) is 21.6 Å². The van der Waals surface area contributed by atoms with Crippen molar-refractivity contribution < 1.29 is 30.5 Å². The zero-order chi connectivity index (χ0) is 24.1. The summed E-state index contributed by atoms with van der Waals surface area (Å²) in [5, 5.41) is 0. The summed E-state index contributed by atoms with van der Waals surface area (Å²) in [6.07, 6.45) is 0.